The van der Waals surface area contributed by atoms with Gasteiger partial charge in [0.05, 0.1) is 6.10 Å². The van der Waals surface area contributed by atoms with Crippen LogP contribution in [-0.4, -0.2) is 35.7 Å². The second kappa shape index (κ2) is 8.18. The Hall–Kier alpha value is -2.92. The zero-order valence-corrected chi connectivity index (χ0v) is 15.2. The normalized spacial score (nSPS) is 14.6. The second-order valence-corrected chi connectivity index (χ2v) is 6.65. The number of ketones is 1. The highest BCUT2D eigenvalue weighted by Gasteiger charge is 2.30. The summed E-state index contributed by atoms with van der Waals surface area (Å²) in [5, 5.41) is 12.2. The lowest BCUT2D eigenvalue weighted by Crippen LogP contribution is -2.47. The third kappa shape index (κ3) is 3.93. The van der Waals surface area contributed by atoms with Crippen LogP contribution in [0, 0.1) is 0 Å². The minimum atomic E-state index is -1.02. The summed E-state index contributed by atoms with van der Waals surface area (Å²) in [5.41, 5.74) is 4.51. The average molecular weight is 365 g/mol. The molecule has 0 saturated heterocycles. The predicted octanol–water partition coefficient (Wildman–Crippen LogP) is 3.42. The molecular weight excluding hydrogens is 342 g/mol. The van der Waals surface area contributed by atoms with E-state index in [4.69, 9.17) is 4.74 Å². The molecule has 27 heavy (non-hydrogen) atoms. The van der Waals surface area contributed by atoms with E-state index in [1.807, 2.05) is 36.4 Å². The van der Waals surface area contributed by atoms with Crippen LogP contribution >= 0.6 is 0 Å². The lowest BCUT2D eigenvalue weighted by molar-refractivity contribution is -0.122. The lowest BCUT2D eigenvalue weighted by Gasteiger charge is -2.20. The van der Waals surface area contributed by atoms with Gasteiger partial charge in [0, 0.05) is 12.3 Å². The summed E-state index contributed by atoms with van der Waals surface area (Å²) in [7, 11) is 0. The van der Waals surface area contributed by atoms with E-state index in [1.165, 1.54) is 13.0 Å². The fraction of sp³-hybridized carbons (Fsp3) is 0.273. The molecule has 1 aliphatic rings. The molecule has 5 nitrogen and oxygen atoms in total. The van der Waals surface area contributed by atoms with Gasteiger partial charge in [-0.3, -0.25) is 4.79 Å². The fourth-order valence-electron chi connectivity index (χ4n) is 3.51. The molecule has 0 bridgehead atoms. The minimum Gasteiger partial charge on any atom is -0.449 e. The first-order chi connectivity index (χ1) is 13.0. The van der Waals surface area contributed by atoms with Gasteiger partial charge in [-0.25, -0.2) is 4.79 Å². The van der Waals surface area contributed by atoms with Gasteiger partial charge in [-0.2, -0.15) is 0 Å². The Balaban J connectivity index is 1.70. The van der Waals surface area contributed by atoms with E-state index >= 15 is 0 Å². The van der Waals surface area contributed by atoms with Gasteiger partial charge in [0.1, 0.15) is 12.6 Å². The molecular formula is C22H23NO4. The van der Waals surface area contributed by atoms with E-state index in [0.29, 0.717) is 0 Å². The van der Waals surface area contributed by atoms with Crippen LogP contribution in [-0.2, 0) is 9.53 Å². The molecule has 140 valence electrons. The maximum Gasteiger partial charge on any atom is 0.407 e. The molecule has 0 spiro atoms. The van der Waals surface area contributed by atoms with Crippen molar-refractivity contribution >= 4 is 11.9 Å². The number of aliphatic hydroxyl groups is 1. The highest BCUT2D eigenvalue weighted by molar-refractivity contribution is 5.89. The van der Waals surface area contributed by atoms with E-state index in [1.54, 1.807) is 0 Å². The van der Waals surface area contributed by atoms with Crippen LogP contribution in [0.2, 0.25) is 0 Å². The topological polar surface area (TPSA) is 75.6 Å². The predicted molar refractivity (Wildman–Crippen MR) is 103 cm³/mol. The quantitative estimate of drug-likeness (QED) is 0.737. The number of carbonyl (C=O) groups is 2. The Kier molecular flexibility index (Phi) is 5.72. The van der Waals surface area contributed by atoms with Gasteiger partial charge in [-0.15, -0.1) is 6.58 Å². The van der Waals surface area contributed by atoms with Crippen molar-refractivity contribution in [1.82, 2.24) is 5.32 Å². The SMILES string of the molecule is C=CCC(=O)[C@@H](NC(=O)OCC1c2ccccc2-c2ccccc21)[C@@H](C)O. The molecule has 2 aromatic carbocycles. The summed E-state index contributed by atoms with van der Waals surface area (Å²) < 4.78 is 5.41. The number of fused-ring (bicyclic) bond motifs is 3. The Bertz CT molecular complexity index is 813. The Labute approximate surface area is 158 Å². The number of alkyl carbamates (subject to hydrolysis) is 1. The van der Waals surface area contributed by atoms with Crippen molar-refractivity contribution < 1.29 is 19.4 Å². The van der Waals surface area contributed by atoms with Crippen LogP contribution in [0.5, 0.6) is 0 Å². The number of rotatable bonds is 7. The number of allylic oxidation sites excluding steroid dienone is 1. The van der Waals surface area contributed by atoms with E-state index < -0.39 is 18.2 Å². The first kappa shape index (κ1) is 18.9. The fourth-order valence-corrected chi connectivity index (χ4v) is 3.51. The maximum absolute atomic E-state index is 12.2. The molecule has 0 radical (unpaired) electrons. The smallest absolute Gasteiger partial charge is 0.407 e. The number of benzene rings is 2. The Morgan fingerprint density at radius 3 is 2.22 bits per heavy atom. The van der Waals surface area contributed by atoms with Crippen LogP contribution in [0.3, 0.4) is 0 Å². The highest BCUT2D eigenvalue weighted by atomic mass is 16.5. The molecule has 0 heterocycles. The Morgan fingerprint density at radius 2 is 1.70 bits per heavy atom. The van der Waals surface area contributed by atoms with E-state index in [9.17, 15) is 14.7 Å². The molecule has 5 heteroatoms. The molecule has 0 aromatic heterocycles. The third-order valence-electron chi connectivity index (χ3n) is 4.79. The summed E-state index contributed by atoms with van der Waals surface area (Å²) in [6, 6.07) is 15.1. The molecule has 1 amide bonds. The van der Waals surface area contributed by atoms with E-state index in [0.717, 1.165) is 22.3 Å². The van der Waals surface area contributed by atoms with Crippen LogP contribution in [0.4, 0.5) is 4.79 Å². The number of hydrogen-bond acceptors (Lipinski definition) is 4. The molecule has 0 aliphatic heterocycles. The standard InChI is InChI=1S/C22H23NO4/c1-3-8-20(25)21(14(2)24)23-22(26)27-13-19-17-11-6-4-9-15(17)16-10-5-7-12-18(16)19/h3-7,9-12,14,19,21,24H,1,8,13H2,2H3,(H,23,26)/t14-,21+/m1/s1. The van der Waals surface area contributed by atoms with Gasteiger partial charge >= 0.3 is 6.09 Å². The summed E-state index contributed by atoms with van der Waals surface area (Å²) in [5.74, 6) is -0.370. The van der Waals surface area contributed by atoms with Crippen LogP contribution < -0.4 is 5.32 Å². The monoisotopic (exact) mass is 365 g/mol. The van der Waals surface area contributed by atoms with E-state index in [2.05, 4.69) is 24.0 Å². The first-order valence-corrected chi connectivity index (χ1v) is 8.96. The average Bonchev–Trinajstić information content (AvgIpc) is 2.98. The largest absolute Gasteiger partial charge is 0.449 e. The van der Waals surface area contributed by atoms with Crippen molar-refractivity contribution in [2.24, 2.45) is 0 Å². The summed E-state index contributed by atoms with van der Waals surface area (Å²) >= 11 is 0. The zero-order chi connectivity index (χ0) is 19.4. The lowest BCUT2D eigenvalue weighted by atomic mass is 9.98. The molecule has 2 N–H and O–H groups in total. The van der Waals surface area contributed by atoms with Gasteiger partial charge in [-0.1, -0.05) is 54.6 Å². The number of carbonyl (C=O) groups excluding carboxylic acids is 2. The number of hydrogen-bond donors (Lipinski definition) is 2. The maximum atomic E-state index is 12.2. The zero-order valence-electron chi connectivity index (χ0n) is 15.2. The second-order valence-electron chi connectivity index (χ2n) is 6.65. The van der Waals surface area contributed by atoms with Gasteiger partial charge < -0.3 is 15.2 Å². The van der Waals surface area contributed by atoms with Gasteiger partial charge in [0.15, 0.2) is 5.78 Å². The summed E-state index contributed by atoms with van der Waals surface area (Å²) in [6.45, 7) is 5.12. The van der Waals surface area contributed by atoms with Crippen LogP contribution in [0.1, 0.15) is 30.4 Å². The molecule has 3 rings (SSSR count). The van der Waals surface area contributed by atoms with Gasteiger partial charge in [0.2, 0.25) is 0 Å². The minimum absolute atomic E-state index is 0.0583. The molecule has 0 unspecified atom stereocenters. The van der Waals surface area contributed by atoms with Crippen LogP contribution in [0.25, 0.3) is 11.1 Å². The van der Waals surface area contributed by atoms with Crippen molar-refractivity contribution in [1.29, 1.82) is 0 Å². The molecule has 0 saturated carbocycles. The van der Waals surface area contributed by atoms with Crippen molar-refractivity contribution in [2.45, 2.75) is 31.4 Å². The summed E-state index contributed by atoms with van der Waals surface area (Å²) in [6.07, 6.45) is -0.228. The molecule has 0 fully saturated rings. The number of ether oxygens (including phenoxy) is 1. The molecule has 2 atom stereocenters. The van der Waals surface area contributed by atoms with E-state index in [-0.39, 0.29) is 24.7 Å². The summed E-state index contributed by atoms with van der Waals surface area (Å²) in [4.78, 5) is 24.2. The third-order valence-corrected chi connectivity index (χ3v) is 4.79. The van der Waals surface area contributed by atoms with Gasteiger partial charge in [-0.05, 0) is 29.2 Å². The highest BCUT2D eigenvalue weighted by Crippen LogP contribution is 2.44. The molecule has 2 aromatic rings. The van der Waals surface area contributed by atoms with Crippen molar-refractivity contribution in [3.63, 3.8) is 0 Å². The Morgan fingerprint density at radius 1 is 1.15 bits per heavy atom. The molecule has 1 aliphatic carbocycles. The first-order valence-electron chi connectivity index (χ1n) is 8.96. The number of nitrogens with one attached hydrogen (secondary N) is 1. The van der Waals surface area contributed by atoms with Crippen molar-refractivity contribution in [3.8, 4) is 11.1 Å². The van der Waals surface area contributed by atoms with Crippen molar-refractivity contribution in [2.75, 3.05) is 6.61 Å². The number of aliphatic hydroxyl groups excluding tert-OH is 1. The number of amides is 1. The van der Waals surface area contributed by atoms with Gasteiger partial charge in [0.25, 0.3) is 0 Å². The number of Topliss-reactive ketones (excluding diaryl/α,β-unsaturated/α-hetero) is 1. The van der Waals surface area contributed by atoms with Crippen LogP contribution in [0.15, 0.2) is 61.2 Å². The van der Waals surface area contributed by atoms with Crippen molar-refractivity contribution in [3.05, 3.63) is 72.3 Å².